The first kappa shape index (κ1) is 15.0. The second-order valence-corrected chi connectivity index (χ2v) is 4.61. The lowest BCUT2D eigenvalue weighted by Gasteiger charge is -2.17. The number of likely N-dealkylation sites (N-methyl/N-ethyl adjacent to an activating group) is 1. The highest BCUT2D eigenvalue weighted by Crippen LogP contribution is 2.09. The van der Waals surface area contributed by atoms with E-state index in [2.05, 4.69) is 0 Å². The lowest BCUT2D eigenvalue weighted by molar-refractivity contribution is -0.157. The van der Waals surface area contributed by atoms with Gasteiger partial charge in [0.1, 0.15) is 0 Å². The number of esters is 1. The number of nitrogens with two attached hydrogens (primary N) is 1. The Kier molecular flexibility index (Phi) is 5.36. The first-order valence-corrected chi connectivity index (χ1v) is 6.15. The minimum atomic E-state index is -0.747. The summed E-state index contributed by atoms with van der Waals surface area (Å²) in [5, 5.41) is 0. The van der Waals surface area contributed by atoms with Gasteiger partial charge in [0.05, 0.1) is 0 Å². The van der Waals surface area contributed by atoms with E-state index in [9.17, 15) is 9.59 Å². The number of rotatable bonds is 5. The highest BCUT2D eigenvalue weighted by Gasteiger charge is 2.18. The molecule has 104 valence electrons. The molecule has 1 aromatic rings. The van der Waals surface area contributed by atoms with E-state index in [1.807, 2.05) is 18.2 Å². The van der Waals surface area contributed by atoms with Crippen molar-refractivity contribution >= 4 is 17.6 Å². The molecule has 0 saturated carbocycles. The lowest BCUT2D eigenvalue weighted by Crippen LogP contribution is -2.34. The maximum absolute atomic E-state index is 11.6. The molecule has 1 amide bonds. The highest BCUT2D eigenvalue weighted by atomic mass is 16.5. The Morgan fingerprint density at radius 3 is 2.63 bits per heavy atom. The normalized spacial score (nSPS) is 11.7. The number of benzene rings is 1. The molecule has 0 radical (unpaired) electrons. The molecule has 1 unspecified atom stereocenters. The van der Waals surface area contributed by atoms with Gasteiger partial charge in [0.15, 0.2) is 6.10 Å². The molecule has 5 heteroatoms. The maximum Gasteiger partial charge on any atom is 0.306 e. The van der Waals surface area contributed by atoms with Gasteiger partial charge in [-0.15, -0.1) is 0 Å². The fraction of sp³-hybridized carbons (Fsp3) is 0.429. The third kappa shape index (κ3) is 4.99. The molecule has 0 aromatic heterocycles. The summed E-state index contributed by atoms with van der Waals surface area (Å²) >= 11 is 0. The van der Waals surface area contributed by atoms with Crippen LogP contribution in [0.3, 0.4) is 0 Å². The lowest BCUT2D eigenvalue weighted by atomic mass is 10.1. The van der Waals surface area contributed by atoms with Crippen molar-refractivity contribution < 1.29 is 14.3 Å². The van der Waals surface area contributed by atoms with Crippen molar-refractivity contribution in [2.75, 3.05) is 19.8 Å². The molecule has 0 aliphatic rings. The number of anilines is 1. The van der Waals surface area contributed by atoms with E-state index in [-0.39, 0.29) is 18.3 Å². The standard InChI is InChI=1S/C14H20N2O3/c1-10(14(18)16(2)3)19-13(17)8-7-11-5-4-6-12(15)9-11/h4-6,9-10H,7-8,15H2,1-3H3. The fourth-order valence-electron chi connectivity index (χ4n) is 1.67. The summed E-state index contributed by atoms with van der Waals surface area (Å²) in [6, 6.07) is 7.35. The van der Waals surface area contributed by atoms with E-state index in [0.29, 0.717) is 12.1 Å². The smallest absolute Gasteiger partial charge is 0.306 e. The second kappa shape index (κ2) is 6.78. The van der Waals surface area contributed by atoms with Crippen LogP contribution >= 0.6 is 0 Å². The highest BCUT2D eigenvalue weighted by molar-refractivity contribution is 5.83. The molecule has 1 rings (SSSR count). The Balaban J connectivity index is 2.42. The van der Waals surface area contributed by atoms with Gasteiger partial charge in [-0.05, 0) is 31.0 Å². The molecule has 19 heavy (non-hydrogen) atoms. The number of aryl methyl sites for hydroxylation is 1. The second-order valence-electron chi connectivity index (χ2n) is 4.61. The molecule has 0 bridgehead atoms. The Morgan fingerprint density at radius 2 is 2.05 bits per heavy atom. The van der Waals surface area contributed by atoms with Crippen molar-refractivity contribution in [1.82, 2.24) is 4.90 Å². The zero-order valence-corrected chi connectivity index (χ0v) is 11.6. The molecule has 5 nitrogen and oxygen atoms in total. The number of ether oxygens (including phenoxy) is 1. The van der Waals surface area contributed by atoms with E-state index < -0.39 is 6.10 Å². The summed E-state index contributed by atoms with van der Waals surface area (Å²) in [6.45, 7) is 1.57. The third-order valence-electron chi connectivity index (χ3n) is 2.67. The monoisotopic (exact) mass is 264 g/mol. The first-order valence-electron chi connectivity index (χ1n) is 6.15. The Hall–Kier alpha value is -2.04. The molecule has 0 fully saturated rings. The summed E-state index contributed by atoms with van der Waals surface area (Å²) < 4.78 is 5.06. The van der Waals surface area contributed by atoms with Gasteiger partial charge in [-0.1, -0.05) is 12.1 Å². The van der Waals surface area contributed by atoms with E-state index in [1.165, 1.54) is 4.90 Å². The van der Waals surface area contributed by atoms with E-state index in [4.69, 9.17) is 10.5 Å². The fourth-order valence-corrected chi connectivity index (χ4v) is 1.67. The van der Waals surface area contributed by atoms with Crippen molar-refractivity contribution in [3.05, 3.63) is 29.8 Å². The SMILES string of the molecule is CC(OC(=O)CCc1cccc(N)c1)C(=O)N(C)C. The van der Waals surface area contributed by atoms with Gasteiger partial charge in [-0.25, -0.2) is 0 Å². The summed E-state index contributed by atoms with van der Waals surface area (Å²) in [4.78, 5) is 24.5. The Morgan fingerprint density at radius 1 is 1.37 bits per heavy atom. The summed E-state index contributed by atoms with van der Waals surface area (Å²) in [5.74, 6) is -0.609. The Labute approximate surface area is 113 Å². The molecule has 0 spiro atoms. The van der Waals surface area contributed by atoms with Crippen LogP contribution in [0.15, 0.2) is 24.3 Å². The van der Waals surface area contributed by atoms with Crippen LogP contribution in [0.1, 0.15) is 18.9 Å². The van der Waals surface area contributed by atoms with E-state index in [0.717, 1.165) is 5.56 Å². The van der Waals surface area contributed by atoms with Crippen LogP contribution in [-0.2, 0) is 20.7 Å². The molecular formula is C14H20N2O3. The Bertz CT molecular complexity index is 458. The average molecular weight is 264 g/mol. The number of nitrogens with zero attached hydrogens (tertiary/aromatic N) is 1. The number of nitrogen functional groups attached to an aromatic ring is 1. The molecule has 2 N–H and O–H groups in total. The number of carbonyl (C=O) groups excluding carboxylic acids is 2. The van der Waals surface area contributed by atoms with Gasteiger partial charge >= 0.3 is 5.97 Å². The van der Waals surface area contributed by atoms with Crippen molar-refractivity contribution in [2.24, 2.45) is 0 Å². The summed E-state index contributed by atoms with van der Waals surface area (Å²) in [7, 11) is 3.25. The topological polar surface area (TPSA) is 72.6 Å². The number of hydrogen-bond acceptors (Lipinski definition) is 4. The number of hydrogen-bond donors (Lipinski definition) is 1. The van der Waals surface area contributed by atoms with Gasteiger partial charge in [0.2, 0.25) is 0 Å². The first-order chi connectivity index (χ1) is 8.90. The van der Waals surface area contributed by atoms with Gasteiger partial charge in [0, 0.05) is 26.2 Å². The predicted molar refractivity (Wildman–Crippen MR) is 73.4 cm³/mol. The largest absolute Gasteiger partial charge is 0.453 e. The minimum Gasteiger partial charge on any atom is -0.453 e. The van der Waals surface area contributed by atoms with E-state index in [1.54, 1.807) is 27.1 Å². The molecule has 1 aromatic carbocycles. The maximum atomic E-state index is 11.6. The zero-order chi connectivity index (χ0) is 14.4. The van der Waals surface area contributed by atoms with Gasteiger partial charge < -0.3 is 15.4 Å². The summed E-state index contributed by atoms with van der Waals surface area (Å²) in [6.07, 6.45) is 0.0321. The van der Waals surface area contributed by atoms with Crippen LogP contribution < -0.4 is 5.73 Å². The van der Waals surface area contributed by atoms with Crippen LogP contribution in [0.25, 0.3) is 0 Å². The van der Waals surface area contributed by atoms with E-state index >= 15 is 0 Å². The molecule has 1 atom stereocenters. The van der Waals surface area contributed by atoms with Gasteiger partial charge in [-0.2, -0.15) is 0 Å². The van der Waals surface area contributed by atoms with Crippen molar-refractivity contribution in [3.63, 3.8) is 0 Å². The molecule has 0 heterocycles. The van der Waals surface area contributed by atoms with Crippen LogP contribution in [0.5, 0.6) is 0 Å². The molecular weight excluding hydrogens is 244 g/mol. The third-order valence-corrected chi connectivity index (χ3v) is 2.67. The van der Waals surface area contributed by atoms with Crippen molar-refractivity contribution in [1.29, 1.82) is 0 Å². The van der Waals surface area contributed by atoms with Gasteiger partial charge in [0.25, 0.3) is 5.91 Å². The van der Waals surface area contributed by atoms with Crippen LogP contribution in [-0.4, -0.2) is 37.0 Å². The molecule has 0 saturated heterocycles. The number of amides is 1. The van der Waals surface area contributed by atoms with Crippen molar-refractivity contribution in [3.8, 4) is 0 Å². The number of carbonyl (C=O) groups is 2. The average Bonchev–Trinajstić information content (AvgIpc) is 2.35. The predicted octanol–water partition coefficient (Wildman–Crippen LogP) is 1.22. The van der Waals surface area contributed by atoms with Crippen LogP contribution in [0.4, 0.5) is 5.69 Å². The van der Waals surface area contributed by atoms with Gasteiger partial charge in [-0.3, -0.25) is 9.59 Å². The quantitative estimate of drug-likeness (QED) is 0.641. The zero-order valence-electron chi connectivity index (χ0n) is 11.6. The molecule has 0 aliphatic carbocycles. The minimum absolute atomic E-state index is 0.225. The van der Waals surface area contributed by atoms with Crippen molar-refractivity contribution in [2.45, 2.75) is 25.9 Å². The summed E-state index contributed by atoms with van der Waals surface area (Å²) in [5.41, 5.74) is 7.30. The molecule has 0 aliphatic heterocycles. The van der Waals surface area contributed by atoms with Crippen LogP contribution in [0.2, 0.25) is 0 Å². The van der Waals surface area contributed by atoms with Crippen LogP contribution in [0, 0.1) is 0 Å².